The van der Waals surface area contributed by atoms with E-state index in [-0.39, 0.29) is 17.9 Å². The van der Waals surface area contributed by atoms with Crippen molar-refractivity contribution in [2.45, 2.75) is 19.6 Å². The monoisotopic (exact) mass is 425 g/mol. The van der Waals surface area contributed by atoms with Crippen LogP contribution in [-0.2, 0) is 12.7 Å². The van der Waals surface area contributed by atoms with Gasteiger partial charge in [0, 0.05) is 18.3 Å². The van der Waals surface area contributed by atoms with Gasteiger partial charge in [-0.05, 0) is 42.3 Å². The molecule has 1 aromatic heterocycles. The molecule has 0 aliphatic heterocycles. The summed E-state index contributed by atoms with van der Waals surface area (Å²) < 4.78 is 54.5. The Morgan fingerprint density at radius 3 is 2.39 bits per heavy atom. The zero-order chi connectivity index (χ0) is 22.0. The average Bonchev–Trinajstić information content (AvgIpc) is 3.16. The second-order valence-corrected chi connectivity index (χ2v) is 7.17. The number of hydrogen-bond acceptors (Lipinski definition) is 2. The first kappa shape index (κ1) is 20.7. The highest BCUT2D eigenvalue weighted by molar-refractivity contribution is 5.62. The number of rotatable bonds is 5. The van der Waals surface area contributed by atoms with Crippen molar-refractivity contribution in [3.05, 3.63) is 102 Å². The van der Waals surface area contributed by atoms with Crippen LogP contribution >= 0.6 is 0 Å². The Morgan fingerprint density at radius 1 is 0.935 bits per heavy atom. The second kappa shape index (κ2) is 8.26. The van der Waals surface area contributed by atoms with E-state index in [4.69, 9.17) is 0 Å². The van der Waals surface area contributed by atoms with Crippen molar-refractivity contribution >= 4 is 5.95 Å². The molecule has 0 fully saturated rings. The lowest BCUT2D eigenvalue weighted by Gasteiger charge is -2.13. The van der Waals surface area contributed by atoms with Crippen molar-refractivity contribution in [2.75, 3.05) is 5.32 Å². The van der Waals surface area contributed by atoms with Crippen LogP contribution in [0.4, 0.5) is 23.5 Å². The Bertz CT molecular complexity index is 1200. The average molecular weight is 425 g/mol. The standard InChI is InChI=1S/C24H19F4N3/c1-16-12-17(10-11-21(16)24(26,27)28)14-29-23-30-22(18-6-3-2-4-7-18)15-31(23)20-9-5-8-19(25)13-20/h2-13,15H,14H2,1H3,(H,29,30). The van der Waals surface area contributed by atoms with Gasteiger partial charge in [-0.2, -0.15) is 13.2 Å². The summed E-state index contributed by atoms with van der Waals surface area (Å²) >= 11 is 0. The highest BCUT2D eigenvalue weighted by Crippen LogP contribution is 2.32. The first-order chi connectivity index (χ1) is 14.8. The lowest BCUT2D eigenvalue weighted by Crippen LogP contribution is -2.10. The molecule has 1 N–H and O–H groups in total. The predicted octanol–water partition coefficient (Wildman–Crippen LogP) is 6.62. The zero-order valence-electron chi connectivity index (χ0n) is 16.6. The fourth-order valence-corrected chi connectivity index (χ4v) is 3.41. The second-order valence-electron chi connectivity index (χ2n) is 7.17. The van der Waals surface area contributed by atoms with E-state index in [1.807, 2.05) is 30.3 Å². The Kier molecular flexibility index (Phi) is 5.50. The number of aryl methyl sites for hydroxylation is 1. The van der Waals surface area contributed by atoms with E-state index < -0.39 is 11.7 Å². The molecule has 31 heavy (non-hydrogen) atoms. The molecule has 158 valence electrons. The molecule has 0 aliphatic carbocycles. The topological polar surface area (TPSA) is 29.9 Å². The van der Waals surface area contributed by atoms with Crippen LogP contribution in [0.1, 0.15) is 16.7 Å². The molecule has 0 bridgehead atoms. The number of aromatic nitrogens is 2. The summed E-state index contributed by atoms with van der Waals surface area (Å²) in [5, 5.41) is 3.17. The minimum Gasteiger partial charge on any atom is -0.351 e. The molecule has 0 spiro atoms. The molecule has 0 unspecified atom stereocenters. The van der Waals surface area contributed by atoms with Gasteiger partial charge in [0.25, 0.3) is 0 Å². The third-order valence-corrected chi connectivity index (χ3v) is 4.91. The van der Waals surface area contributed by atoms with Crippen molar-refractivity contribution in [3.63, 3.8) is 0 Å². The van der Waals surface area contributed by atoms with Gasteiger partial charge >= 0.3 is 6.18 Å². The minimum atomic E-state index is -4.38. The lowest BCUT2D eigenvalue weighted by atomic mass is 10.0. The van der Waals surface area contributed by atoms with E-state index in [0.717, 1.165) is 11.6 Å². The SMILES string of the molecule is Cc1cc(CNc2nc(-c3ccccc3)cn2-c2cccc(F)c2)ccc1C(F)(F)F. The number of benzene rings is 3. The number of hydrogen-bond donors (Lipinski definition) is 1. The molecule has 4 rings (SSSR count). The van der Waals surface area contributed by atoms with Crippen LogP contribution in [0, 0.1) is 12.7 Å². The van der Waals surface area contributed by atoms with Gasteiger partial charge in [0.2, 0.25) is 5.95 Å². The molecule has 7 heteroatoms. The van der Waals surface area contributed by atoms with E-state index in [2.05, 4.69) is 10.3 Å². The quantitative estimate of drug-likeness (QED) is 0.364. The smallest absolute Gasteiger partial charge is 0.351 e. The number of anilines is 1. The van der Waals surface area contributed by atoms with Crippen molar-refractivity contribution in [1.29, 1.82) is 0 Å². The van der Waals surface area contributed by atoms with E-state index in [9.17, 15) is 17.6 Å². The van der Waals surface area contributed by atoms with Crippen molar-refractivity contribution in [3.8, 4) is 16.9 Å². The van der Waals surface area contributed by atoms with Gasteiger partial charge in [0.1, 0.15) is 5.82 Å². The summed E-state index contributed by atoms with van der Waals surface area (Å²) in [6, 6.07) is 19.7. The Hall–Kier alpha value is -3.61. The number of nitrogens with one attached hydrogen (secondary N) is 1. The fraction of sp³-hybridized carbons (Fsp3) is 0.125. The summed E-state index contributed by atoms with van der Waals surface area (Å²) in [7, 11) is 0. The van der Waals surface area contributed by atoms with Crippen LogP contribution in [0.25, 0.3) is 16.9 Å². The summed E-state index contributed by atoms with van der Waals surface area (Å²) in [5.74, 6) is 0.0822. The van der Waals surface area contributed by atoms with Crippen LogP contribution in [0.2, 0.25) is 0 Å². The van der Waals surface area contributed by atoms with Crippen LogP contribution in [0.5, 0.6) is 0 Å². The molecule has 3 nitrogen and oxygen atoms in total. The lowest BCUT2D eigenvalue weighted by molar-refractivity contribution is -0.138. The molecule has 0 amide bonds. The summed E-state index contributed by atoms with van der Waals surface area (Å²) in [6.45, 7) is 1.70. The van der Waals surface area contributed by atoms with Gasteiger partial charge < -0.3 is 5.32 Å². The van der Waals surface area contributed by atoms with Crippen LogP contribution < -0.4 is 5.32 Å². The summed E-state index contributed by atoms with van der Waals surface area (Å²) in [6.07, 6.45) is -2.58. The van der Waals surface area contributed by atoms with Crippen LogP contribution in [0.15, 0.2) is 79.0 Å². The highest BCUT2D eigenvalue weighted by Gasteiger charge is 2.32. The summed E-state index contributed by atoms with van der Waals surface area (Å²) in [4.78, 5) is 4.63. The van der Waals surface area contributed by atoms with Crippen molar-refractivity contribution in [1.82, 2.24) is 9.55 Å². The third-order valence-electron chi connectivity index (χ3n) is 4.91. The number of halogens is 4. The van der Waals surface area contributed by atoms with Gasteiger partial charge in [-0.15, -0.1) is 0 Å². The molecule has 3 aromatic carbocycles. The van der Waals surface area contributed by atoms with Crippen molar-refractivity contribution < 1.29 is 17.6 Å². The molecule has 0 radical (unpaired) electrons. The predicted molar refractivity (Wildman–Crippen MR) is 112 cm³/mol. The van der Waals surface area contributed by atoms with E-state index >= 15 is 0 Å². The minimum absolute atomic E-state index is 0.158. The number of nitrogens with zero attached hydrogens (tertiary/aromatic N) is 2. The Balaban J connectivity index is 1.66. The van der Waals surface area contributed by atoms with Gasteiger partial charge in [0.05, 0.1) is 16.9 Å². The van der Waals surface area contributed by atoms with E-state index in [1.54, 1.807) is 22.9 Å². The molecular weight excluding hydrogens is 406 g/mol. The molecule has 0 saturated heterocycles. The zero-order valence-corrected chi connectivity index (χ0v) is 16.6. The first-order valence-corrected chi connectivity index (χ1v) is 9.62. The van der Waals surface area contributed by atoms with Gasteiger partial charge in [-0.3, -0.25) is 4.57 Å². The molecule has 0 aliphatic rings. The molecule has 1 heterocycles. The number of alkyl halides is 3. The highest BCUT2D eigenvalue weighted by atomic mass is 19.4. The first-order valence-electron chi connectivity index (χ1n) is 9.62. The summed E-state index contributed by atoms with van der Waals surface area (Å²) in [5.41, 5.74) is 2.36. The maximum Gasteiger partial charge on any atom is 0.416 e. The molecule has 0 atom stereocenters. The van der Waals surface area contributed by atoms with Gasteiger partial charge in [0.15, 0.2) is 0 Å². The Labute approximate surface area is 177 Å². The Morgan fingerprint density at radius 2 is 1.71 bits per heavy atom. The maximum atomic E-state index is 13.8. The fourth-order valence-electron chi connectivity index (χ4n) is 3.41. The maximum absolute atomic E-state index is 13.8. The van der Waals surface area contributed by atoms with E-state index in [0.29, 0.717) is 22.9 Å². The molecule has 0 saturated carbocycles. The molecule has 4 aromatic rings. The van der Waals surface area contributed by atoms with E-state index in [1.165, 1.54) is 31.2 Å². The largest absolute Gasteiger partial charge is 0.416 e. The third kappa shape index (κ3) is 4.60. The normalized spacial score (nSPS) is 11.5. The number of imidazole rings is 1. The van der Waals surface area contributed by atoms with Gasteiger partial charge in [-0.1, -0.05) is 48.5 Å². The van der Waals surface area contributed by atoms with Crippen LogP contribution in [-0.4, -0.2) is 9.55 Å². The van der Waals surface area contributed by atoms with Gasteiger partial charge in [-0.25, -0.2) is 9.37 Å². The molecular formula is C24H19F4N3. The van der Waals surface area contributed by atoms with Crippen LogP contribution in [0.3, 0.4) is 0 Å². The van der Waals surface area contributed by atoms with Crippen molar-refractivity contribution in [2.24, 2.45) is 0 Å².